The number of aliphatic hydroxyl groups excluding tert-OH is 3. The van der Waals surface area contributed by atoms with Gasteiger partial charge < -0.3 is 63.8 Å². The van der Waals surface area contributed by atoms with E-state index in [2.05, 4.69) is 0 Å². The molecule has 15 nitrogen and oxygen atoms in total. The smallest absolute Gasteiger partial charge is 0.338 e. The Bertz CT molecular complexity index is 1810. The number of phenols is 4. The summed E-state index contributed by atoms with van der Waals surface area (Å²) in [5, 5.41) is 73.6. The molecule has 0 unspecified atom stereocenters. The van der Waals surface area contributed by atoms with E-state index in [4.69, 9.17) is 28.1 Å². The standard InChI is InChI=1S/C31H30O15/c1-41-17-8-13(9-18(42-2)22(17)35)31(40)46-30-26(39)23(36)19(11-32)45-28(30)21-25(38)29(43-3)24(37)20-15(34)10-16(44-27(20)21)12-4-6-14(33)7-5-12/h4-10,19,23,26,28,30,32-33,35-39H,11H2,1-3H3/t19-,23-,26+,28+,30-/m1/s1. The van der Waals surface area contributed by atoms with Crippen LogP contribution in [0.5, 0.6) is 40.2 Å². The van der Waals surface area contributed by atoms with Gasteiger partial charge in [0.05, 0.1) is 39.1 Å². The average Bonchev–Trinajstić information content (AvgIpc) is 3.04. The van der Waals surface area contributed by atoms with Crippen molar-refractivity contribution in [2.24, 2.45) is 0 Å². The molecule has 0 bridgehead atoms. The van der Waals surface area contributed by atoms with Crippen molar-refractivity contribution in [3.8, 4) is 51.6 Å². The molecule has 1 saturated heterocycles. The van der Waals surface area contributed by atoms with Gasteiger partial charge in [-0.3, -0.25) is 4.79 Å². The third kappa shape index (κ3) is 5.45. The van der Waals surface area contributed by atoms with Crippen LogP contribution in [0.1, 0.15) is 22.0 Å². The van der Waals surface area contributed by atoms with E-state index in [9.17, 15) is 45.3 Å². The van der Waals surface area contributed by atoms with E-state index < -0.39 is 88.1 Å². The predicted octanol–water partition coefficient (Wildman–Crippen LogP) is 1.69. The van der Waals surface area contributed by atoms with Crippen LogP contribution in [0.15, 0.2) is 51.7 Å². The normalized spacial score (nSPS) is 21.1. The van der Waals surface area contributed by atoms with Gasteiger partial charge in [-0.15, -0.1) is 0 Å². The Morgan fingerprint density at radius 3 is 2.04 bits per heavy atom. The number of aliphatic hydroxyl groups is 3. The number of hydrogen-bond acceptors (Lipinski definition) is 15. The number of carbonyl (C=O) groups excluding carboxylic acids is 1. The maximum absolute atomic E-state index is 13.5. The van der Waals surface area contributed by atoms with Crippen molar-refractivity contribution >= 4 is 16.9 Å². The molecule has 0 radical (unpaired) electrons. The van der Waals surface area contributed by atoms with Crippen LogP contribution in [0.3, 0.4) is 0 Å². The summed E-state index contributed by atoms with van der Waals surface area (Å²) in [5.41, 5.74) is -1.62. The first-order valence-corrected chi connectivity index (χ1v) is 13.6. The lowest BCUT2D eigenvalue weighted by molar-refractivity contribution is -0.231. The number of hydrogen-bond donors (Lipinski definition) is 7. The molecule has 0 saturated carbocycles. The van der Waals surface area contributed by atoms with Gasteiger partial charge in [0.2, 0.25) is 11.5 Å². The highest BCUT2D eigenvalue weighted by molar-refractivity contribution is 5.94. The van der Waals surface area contributed by atoms with Crippen molar-refractivity contribution in [3.63, 3.8) is 0 Å². The molecular weight excluding hydrogens is 612 g/mol. The van der Waals surface area contributed by atoms with Crippen molar-refractivity contribution < 1.29 is 68.6 Å². The number of phenolic OH excluding ortho intramolecular Hbond substituents is 4. The second kappa shape index (κ2) is 12.6. The summed E-state index contributed by atoms with van der Waals surface area (Å²) in [7, 11) is 3.56. The molecule has 0 aliphatic carbocycles. The summed E-state index contributed by atoms with van der Waals surface area (Å²) in [5.74, 6) is -4.21. The molecule has 7 N–H and O–H groups in total. The third-order valence-electron chi connectivity index (χ3n) is 7.58. The first-order valence-electron chi connectivity index (χ1n) is 13.6. The number of fused-ring (bicyclic) bond motifs is 1. The summed E-state index contributed by atoms with van der Waals surface area (Å²) >= 11 is 0. The second-order valence-electron chi connectivity index (χ2n) is 10.2. The van der Waals surface area contributed by atoms with Gasteiger partial charge in [0.1, 0.15) is 41.3 Å². The van der Waals surface area contributed by atoms with Gasteiger partial charge in [0.25, 0.3) is 0 Å². The molecule has 15 heteroatoms. The summed E-state index contributed by atoms with van der Waals surface area (Å²) in [6, 6.07) is 8.84. The Hall–Kier alpha value is -5.22. The summed E-state index contributed by atoms with van der Waals surface area (Å²) < 4.78 is 32.8. The number of carbonyl (C=O) groups is 1. The first-order chi connectivity index (χ1) is 21.9. The van der Waals surface area contributed by atoms with Crippen LogP contribution in [0.25, 0.3) is 22.3 Å². The van der Waals surface area contributed by atoms with Gasteiger partial charge in [-0.05, 0) is 36.4 Å². The van der Waals surface area contributed by atoms with Crippen LogP contribution in [-0.2, 0) is 9.47 Å². The van der Waals surface area contributed by atoms with Crippen molar-refractivity contribution in [1.29, 1.82) is 0 Å². The minimum absolute atomic E-state index is 0.0701. The third-order valence-corrected chi connectivity index (χ3v) is 7.58. The zero-order chi connectivity index (χ0) is 33.4. The summed E-state index contributed by atoms with van der Waals surface area (Å²) in [6.45, 7) is -0.835. The van der Waals surface area contributed by atoms with Crippen LogP contribution in [0.4, 0.5) is 0 Å². The number of benzene rings is 3. The summed E-state index contributed by atoms with van der Waals surface area (Å²) in [4.78, 5) is 26.9. The molecule has 1 aromatic heterocycles. The molecule has 5 rings (SSSR count). The average molecular weight is 643 g/mol. The lowest BCUT2D eigenvalue weighted by Gasteiger charge is -2.42. The van der Waals surface area contributed by atoms with Gasteiger partial charge in [-0.2, -0.15) is 0 Å². The fourth-order valence-electron chi connectivity index (χ4n) is 5.25. The number of esters is 1. The van der Waals surface area contributed by atoms with Gasteiger partial charge >= 0.3 is 5.97 Å². The quantitative estimate of drug-likeness (QED) is 0.135. The largest absolute Gasteiger partial charge is 0.508 e. The molecule has 3 aromatic carbocycles. The van der Waals surface area contributed by atoms with Gasteiger partial charge in [-0.25, -0.2) is 4.79 Å². The van der Waals surface area contributed by atoms with E-state index in [0.29, 0.717) is 5.56 Å². The van der Waals surface area contributed by atoms with Crippen LogP contribution in [-0.4, -0.2) is 94.1 Å². The topological polar surface area (TPSA) is 235 Å². The van der Waals surface area contributed by atoms with Crippen molar-refractivity contribution in [1.82, 2.24) is 0 Å². The number of methoxy groups -OCH3 is 3. The Labute approximate surface area is 259 Å². The number of rotatable bonds is 8. The van der Waals surface area contributed by atoms with Crippen LogP contribution in [0, 0.1) is 0 Å². The van der Waals surface area contributed by atoms with Gasteiger partial charge in [0.15, 0.2) is 40.1 Å². The maximum Gasteiger partial charge on any atom is 0.338 e. The Balaban J connectivity index is 1.73. The zero-order valence-electron chi connectivity index (χ0n) is 24.5. The molecular formula is C31H30O15. The Morgan fingerprint density at radius 2 is 1.48 bits per heavy atom. The van der Waals surface area contributed by atoms with Crippen LogP contribution >= 0.6 is 0 Å². The zero-order valence-corrected chi connectivity index (χ0v) is 24.5. The molecule has 0 amide bonds. The number of ether oxygens (including phenoxy) is 5. The molecule has 4 aromatic rings. The number of aromatic hydroxyl groups is 4. The van der Waals surface area contributed by atoms with Crippen molar-refractivity contribution in [3.05, 3.63) is 63.8 Å². The highest BCUT2D eigenvalue weighted by Crippen LogP contribution is 2.51. The molecule has 244 valence electrons. The molecule has 1 aliphatic rings. The van der Waals surface area contributed by atoms with Crippen LogP contribution < -0.4 is 19.6 Å². The second-order valence-corrected chi connectivity index (χ2v) is 10.2. The van der Waals surface area contributed by atoms with Gasteiger partial charge in [-0.1, -0.05) is 0 Å². The van der Waals surface area contributed by atoms with E-state index in [1.54, 1.807) is 0 Å². The molecule has 46 heavy (non-hydrogen) atoms. The Morgan fingerprint density at radius 1 is 0.848 bits per heavy atom. The first kappa shape index (κ1) is 32.2. The molecule has 5 atom stereocenters. The van der Waals surface area contributed by atoms with E-state index in [1.165, 1.54) is 38.5 Å². The Kier molecular flexibility index (Phi) is 8.85. The van der Waals surface area contributed by atoms with E-state index in [0.717, 1.165) is 25.3 Å². The van der Waals surface area contributed by atoms with Gasteiger partial charge in [0, 0.05) is 11.6 Å². The molecule has 1 aliphatic heterocycles. The highest BCUT2D eigenvalue weighted by Gasteiger charge is 2.49. The van der Waals surface area contributed by atoms with Crippen LogP contribution in [0.2, 0.25) is 0 Å². The predicted molar refractivity (Wildman–Crippen MR) is 157 cm³/mol. The molecule has 1 fully saturated rings. The SMILES string of the molecule is COc1cc(C(=O)O[C@@H]2[C@@H](O)[C@H](O)[C@@H](CO)O[C@H]2c2c(O)c(OC)c(O)c3c(=O)cc(-c4ccc(O)cc4)oc23)cc(OC)c1O. The molecule has 0 spiro atoms. The lowest BCUT2D eigenvalue weighted by atomic mass is 9.89. The van der Waals surface area contributed by atoms with Crippen molar-refractivity contribution in [2.75, 3.05) is 27.9 Å². The van der Waals surface area contributed by atoms with E-state index >= 15 is 0 Å². The minimum Gasteiger partial charge on any atom is -0.508 e. The van der Waals surface area contributed by atoms with Crippen molar-refractivity contribution in [2.45, 2.75) is 30.5 Å². The minimum atomic E-state index is -1.96. The molecule has 2 heterocycles. The van der Waals surface area contributed by atoms with E-state index in [-0.39, 0.29) is 28.6 Å². The summed E-state index contributed by atoms with van der Waals surface area (Å²) in [6.07, 6.45) is -8.89. The fourth-order valence-corrected chi connectivity index (χ4v) is 5.25. The highest BCUT2D eigenvalue weighted by atomic mass is 16.6. The fraction of sp³-hybridized carbons (Fsp3) is 0.290. The monoisotopic (exact) mass is 642 g/mol. The van der Waals surface area contributed by atoms with E-state index in [1.807, 2.05) is 0 Å². The lowest BCUT2D eigenvalue weighted by Crippen LogP contribution is -2.56. The maximum atomic E-state index is 13.5.